The molecule has 0 aromatic rings. The van der Waals surface area contributed by atoms with Crippen LogP contribution in [0.3, 0.4) is 0 Å². The number of nitrogens with zero attached hydrogens (tertiary/aromatic N) is 1. The highest BCUT2D eigenvalue weighted by Crippen LogP contribution is 2.26. The van der Waals surface area contributed by atoms with Crippen molar-refractivity contribution in [2.75, 3.05) is 6.54 Å². The van der Waals surface area contributed by atoms with Crippen molar-refractivity contribution in [1.82, 2.24) is 10.2 Å². The Morgan fingerprint density at radius 3 is 2.25 bits per heavy atom. The zero-order valence-corrected chi connectivity index (χ0v) is 12.2. The van der Waals surface area contributed by atoms with Crippen molar-refractivity contribution in [1.29, 1.82) is 0 Å². The third kappa shape index (κ3) is 3.69. The van der Waals surface area contributed by atoms with Gasteiger partial charge >= 0.3 is 5.97 Å². The number of hydrogen-bond acceptors (Lipinski definition) is 4. The Morgan fingerprint density at radius 2 is 1.85 bits per heavy atom. The Kier molecular flexibility index (Phi) is 4.75. The normalized spacial score (nSPS) is 24.4. The summed E-state index contributed by atoms with van der Waals surface area (Å²) in [6.45, 7) is 6.64. The fourth-order valence-electron chi connectivity index (χ4n) is 2.31. The van der Waals surface area contributed by atoms with Crippen LogP contribution in [0, 0.1) is 5.41 Å². The number of carboxylic acids is 1. The van der Waals surface area contributed by atoms with E-state index in [1.807, 2.05) is 0 Å². The number of rotatable bonds is 3. The largest absolute Gasteiger partial charge is 0.480 e. The number of hydrogen-bond donors (Lipinski definition) is 3. The van der Waals surface area contributed by atoms with Crippen LogP contribution in [0.15, 0.2) is 0 Å². The summed E-state index contributed by atoms with van der Waals surface area (Å²) in [6, 6.07) is -1.87. The van der Waals surface area contributed by atoms with Crippen molar-refractivity contribution >= 4 is 17.8 Å². The highest BCUT2D eigenvalue weighted by atomic mass is 16.4. The molecule has 1 aliphatic rings. The van der Waals surface area contributed by atoms with E-state index < -0.39 is 35.5 Å². The van der Waals surface area contributed by atoms with Crippen LogP contribution in [0.1, 0.15) is 34.1 Å². The van der Waals surface area contributed by atoms with Crippen molar-refractivity contribution in [3.05, 3.63) is 0 Å². The summed E-state index contributed by atoms with van der Waals surface area (Å²) in [5.74, 6) is -1.98. The first-order valence-electron chi connectivity index (χ1n) is 6.52. The molecule has 1 fully saturated rings. The van der Waals surface area contributed by atoms with E-state index in [1.165, 1.54) is 6.92 Å². The maximum absolute atomic E-state index is 12.5. The topological polar surface area (TPSA) is 107 Å². The molecule has 0 aliphatic carbocycles. The van der Waals surface area contributed by atoms with Gasteiger partial charge in [0.1, 0.15) is 12.1 Å². The Bertz CT molecular complexity index is 415. The lowest BCUT2D eigenvalue weighted by molar-refractivity contribution is -0.150. The highest BCUT2D eigenvalue weighted by molar-refractivity contribution is 5.91. The van der Waals surface area contributed by atoms with Gasteiger partial charge in [-0.3, -0.25) is 9.59 Å². The molecule has 1 rings (SSSR count). The SMILES string of the molecule is CC(=O)NC(C(=O)N1C[C@@H](O)C[C@H]1C(=O)O)C(C)(C)C. The number of aliphatic hydroxyl groups excluding tert-OH is 1. The molecule has 0 aromatic carbocycles. The summed E-state index contributed by atoms with van der Waals surface area (Å²) < 4.78 is 0. The second-order valence-corrected chi connectivity index (χ2v) is 6.23. The van der Waals surface area contributed by atoms with E-state index in [9.17, 15) is 19.5 Å². The van der Waals surface area contributed by atoms with Crippen LogP contribution >= 0.6 is 0 Å². The Balaban J connectivity index is 2.99. The van der Waals surface area contributed by atoms with Gasteiger partial charge in [-0.25, -0.2) is 4.79 Å². The standard InChI is InChI=1S/C13H22N2O5/c1-7(16)14-10(13(2,3)4)11(18)15-6-8(17)5-9(15)12(19)20/h8-10,17H,5-6H2,1-4H3,(H,14,16)(H,19,20)/t8-,9-,10?/m0/s1. The molecule has 2 amide bonds. The second kappa shape index (κ2) is 5.78. The molecule has 114 valence electrons. The first-order chi connectivity index (χ1) is 9.04. The maximum atomic E-state index is 12.5. The number of β-amino-alcohol motifs (C(OH)–C–C–N with tert-alkyl or cyclic N) is 1. The molecule has 7 nitrogen and oxygen atoms in total. The van der Waals surface area contributed by atoms with Crippen LogP contribution in [0.5, 0.6) is 0 Å². The summed E-state index contributed by atoms with van der Waals surface area (Å²) in [4.78, 5) is 36.1. The maximum Gasteiger partial charge on any atom is 0.326 e. The number of aliphatic hydroxyl groups is 1. The minimum absolute atomic E-state index is 0.0119. The van der Waals surface area contributed by atoms with E-state index in [4.69, 9.17) is 5.11 Å². The average molecular weight is 286 g/mol. The minimum atomic E-state index is -1.15. The van der Waals surface area contributed by atoms with Gasteiger partial charge < -0.3 is 20.4 Å². The van der Waals surface area contributed by atoms with E-state index >= 15 is 0 Å². The highest BCUT2D eigenvalue weighted by Gasteiger charge is 2.44. The van der Waals surface area contributed by atoms with Crippen molar-refractivity contribution < 1.29 is 24.6 Å². The average Bonchev–Trinajstić information content (AvgIpc) is 2.65. The van der Waals surface area contributed by atoms with E-state index in [-0.39, 0.29) is 18.9 Å². The summed E-state index contributed by atoms with van der Waals surface area (Å²) in [5, 5.41) is 21.3. The van der Waals surface area contributed by atoms with Gasteiger partial charge in [-0.2, -0.15) is 0 Å². The van der Waals surface area contributed by atoms with Gasteiger partial charge in [0.05, 0.1) is 6.10 Å². The molecule has 1 saturated heterocycles. The molecule has 0 bridgehead atoms. The molecule has 1 heterocycles. The lowest BCUT2D eigenvalue weighted by Gasteiger charge is -2.34. The zero-order valence-electron chi connectivity index (χ0n) is 12.2. The number of amides is 2. The number of nitrogens with one attached hydrogen (secondary N) is 1. The summed E-state index contributed by atoms with van der Waals surface area (Å²) in [7, 11) is 0. The fourth-order valence-corrected chi connectivity index (χ4v) is 2.31. The summed E-state index contributed by atoms with van der Waals surface area (Å²) >= 11 is 0. The van der Waals surface area contributed by atoms with Crippen LogP contribution < -0.4 is 5.32 Å². The Labute approximate surface area is 117 Å². The first-order valence-corrected chi connectivity index (χ1v) is 6.52. The molecule has 7 heteroatoms. The molecule has 20 heavy (non-hydrogen) atoms. The summed E-state index contributed by atoms with van der Waals surface area (Å²) in [6.07, 6.45) is -0.837. The first kappa shape index (κ1) is 16.4. The number of likely N-dealkylation sites (tertiary alicyclic amines) is 1. The lowest BCUT2D eigenvalue weighted by Crippen LogP contribution is -2.56. The summed E-state index contributed by atoms with van der Waals surface area (Å²) in [5.41, 5.74) is -0.556. The lowest BCUT2D eigenvalue weighted by atomic mass is 9.85. The number of aliphatic carboxylic acids is 1. The number of carbonyl (C=O) groups is 3. The quantitative estimate of drug-likeness (QED) is 0.653. The molecule has 0 spiro atoms. The van der Waals surface area contributed by atoms with Gasteiger partial charge in [-0.05, 0) is 5.41 Å². The monoisotopic (exact) mass is 286 g/mol. The van der Waals surface area contributed by atoms with E-state index in [0.717, 1.165) is 4.90 Å². The minimum Gasteiger partial charge on any atom is -0.480 e. The van der Waals surface area contributed by atoms with Crippen LogP contribution in [-0.4, -0.2) is 57.6 Å². The van der Waals surface area contributed by atoms with Gasteiger partial charge in [0.2, 0.25) is 11.8 Å². The molecule has 0 aromatic heterocycles. The fraction of sp³-hybridized carbons (Fsp3) is 0.769. The van der Waals surface area contributed by atoms with Crippen molar-refractivity contribution in [3.8, 4) is 0 Å². The van der Waals surface area contributed by atoms with Gasteiger partial charge in [0, 0.05) is 19.9 Å². The third-order valence-corrected chi connectivity index (χ3v) is 3.31. The predicted molar refractivity (Wildman–Crippen MR) is 70.8 cm³/mol. The van der Waals surface area contributed by atoms with Crippen LogP contribution in [0.4, 0.5) is 0 Å². The molecule has 1 aliphatic heterocycles. The molecule has 1 unspecified atom stereocenters. The predicted octanol–water partition coefficient (Wildman–Crippen LogP) is -0.416. The van der Waals surface area contributed by atoms with Crippen LogP contribution in [0.2, 0.25) is 0 Å². The molecule has 3 N–H and O–H groups in total. The Morgan fingerprint density at radius 1 is 1.30 bits per heavy atom. The number of carboxylic acid groups (broad SMARTS) is 1. The van der Waals surface area contributed by atoms with E-state index in [1.54, 1.807) is 20.8 Å². The molecular formula is C13H22N2O5. The number of carbonyl (C=O) groups excluding carboxylic acids is 2. The van der Waals surface area contributed by atoms with Gasteiger partial charge in [0.15, 0.2) is 0 Å². The van der Waals surface area contributed by atoms with Crippen molar-refractivity contribution in [2.24, 2.45) is 5.41 Å². The van der Waals surface area contributed by atoms with E-state index in [2.05, 4.69) is 5.32 Å². The van der Waals surface area contributed by atoms with Gasteiger partial charge in [-0.15, -0.1) is 0 Å². The van der Waals surface area contributed by atoms with Crippen molar-refractivity contribution in [3.63, 3.8) is 0 Å². The van der Waals surface area contributed by atoms with Gasteiger partial charge in [-0.1, -0.05) is 20.8 Å². The molecule has 0 saturated carbocycles. The van der Waals surface area contributed by atoms with Crippen LogP contribution in [-0.2, 0) is 14.4 Å². The molecular weight excluding hydrogens is 264 g/mol. The smallest absolute Gasteiger partial charge is 0.326 e. The van der Waals surface area contributed by atoms with E-state index in [0.29, 0.717) is 0 Å². The van der Waals surface area contributed by atoms with Crippen molar-refractivity contribution in [2.45, 2.75) is 52.3 Å². The second-order valence-electron chi connectivity index (χ2n) is 6.23. The molecule has 3 atom stereocenters. The molecule has 0 radical (unpaired) electrons. The van der Waals surface area contributed by atoms with Gasteiger partial charge in [0.25, 0.3) is 0 Å². The van der Waals surface area contributed by atoms with Crippen LogP contribution in [0.25, 0.3) is 0 Å². The third-order valence-electron chi connectivity index (χ3n) is 3.31. The zero-order chi connectivity index (χ0) is 15.7. The Hall–Kier alpha value is -1.63.